The Kier molecular flexibility index (Phi) is 3.41. The van der Waals surface area contributed by atoms with Gasteiger partial charge in [0, 0.05) is 24.4 Å². The average Bonchev–Trinajstić information content (AvgIpc) is 2.90. The van der Waals surface area contributed by atoms with Gasteiger partial charge in [-0.1, -0.05) is 17.3 Å². The van der Waals surface area contributed by atoms with E-state index in [9.17, 15) is 0 Å². The van der Waals surface area contributed by atoms with Crippen LogP contribution in [0.25, 0.3) is 0 Å². The number of rotatable bonds is 3. The SMILES string of the molecule is Cn1ccc(COc2cccc3c2CCC/C3=N\O)n1. The molecule has 0 saturated heterocycles. The Morgan fingerprint density at radius 1 is 1.35 bits per heavy atom. The van der Waals surface area contributed by atoms with Crippen molar-refractivity contribution in [3.63, 3.8) is 0 Å². The summed E-state index contributed by atoms with van der Waals surface area (Å²) < 4.78 is 7.64. The molecule has 0 bridgehead atoms. The highest BCUT2D eigenvalue weighted by Crippen LogP contribution is 2.30. The molecule has 5 heteroatoms. The minimum absolute atomic E-state index is 0.447. The van der Waals surface area contributed by atoms with Gasteiger partial charge in [-0.3, -0.25) is 4.68 Å². The van der Waals surface area contributed by atoms with Gasteiger partial charge in [-0.25, -0.2) is 0 Å². The molecular weight excluding hydrogens is 254 g/mol. The van der Waals surface area contributed by atoms with Gasteiger partial charge < -0.3 is 9.94 Å². The fraction of sp³-hybridized carbons (Fsp3) is 0.333. The molecule has 1 aromatic heterocycles. The van der Waals surface area contributed by atoms with Crippen LogP contribution in [0, 0.1) is 0 Å². The molecule has 5 nitrogen and oxygen atoms in total. The summed E-state index contributed by atoms with van der Waals surface area (Å²) in [4.78, 5) is 0. The second-order valence-electron chi connectivity index (χ2n) is 4.95. The van der Waals surface area contributed by atoms with Gasteiger partial charge in [0.05, 0.1) is 11.4 Å². The van der Waals surface area contributed by atoms with Gasteiger partial charge in [0.1, 0.15) is 12.4 Å². The Morgan fingerprint density at radius 2 is 2.25 bits per heavy atom. The van der Waals surface area contributed by atoms with E-state index in [-0.39, 0.29) is 0 Å². The highest BCUT2D eigenvalue weighted by atomic mass is 16.5. The summed E-state index contributed by atoms with van der Waals surface area (Å²) in [6.45, 7) is 0.447. The predicted octanol–water partition coefficient (Wildman–Crippen LogP) is 2.51. The zero-order chi connectivity index (χ0) is 13.9. The van der Waals surface area contributed by atoms with Crippen LogP contribution in [0.4, 0.5) is 0 Å². The van der Waals surface area contributed by atoms with Crippen molar-refractivity contribution in [1.29, 1.82) is 0 Å². The number of hydrogen-bond donors (Lipinski definition) is 1. The highest BCUT2D eigenvalue weighted by molar-refractivity contribution is 6.02. The smallest absolute Gasteiger partial charge is 0.132 e. The summed E-state index contributed by atoms with van der Waals surface area (Å²) >= 11 is 0. The number of benzene rings is 1. The maximum absolute atomic E-state index is 9.07. The number of aryl methyl sites for hydroxylation is 1. The average molecular weight is 271 g/mol. The third-order valence-corrected chi connectivity index (χ3v) is 3.55. The first-order valence-electron chi connectivity index (χ1n) is 6.72. The van der Waals surface area contributed by atoms with Gasteiger partial charge in [0.2, 0.25) is 0 Å². The molecule has 1 aromatic carbocycles. The van der Waals surface area contributed by atoms with Crippen LogP contribution in [0.2, 0.25) is 0 Å². The van der Waals surface area contributed by atoms with Crippen molar-refractivity contribution in [1.82, 2.24) is 9.78 Å². The molecular formula is C15H17N3O2. The molecule has 0 saturated carbocycles. The van der Waals surface area contributed by atoms with E-state index in [4.69, 9.17) is 9.94 Å². The summed E-state index contributed by atoms with van der Waals surface area (Å²) in [5.74, 6) is 0.856. The normalized spacial score (nSPS) is 16.1. The van der Waals surface area contributed by atoms with Crippen molar-refractivity contribution in [3.05, 3.63) is 47.3 Å². The number of oxime groups is 1. The van der Waals surface area contributed by atoms with E-state index in [1.165, 1.54) is 0 Å². The first-order chi connectivity index (χ1) is 9.78. The third kappa shape index (κ3) is 2.39. The van der Waals surface area contributed by atoms with Crippen molar-refractivity contribution in [2.45, 2.75) is 25.9 Å². The highest BCUT2D eigenvalue weighted by Gasteiger charge is 2.19. The van der Waals surface area contributed by atoms with E-state index in [1.807, 2.05) is 37.5 Å². The fourth-order valence-electron chi connectivity index (χ4n) is 2.59. The van der Waals surface area contributed by atoms with Crippen molar-refractivity contribution in [2.24, 2.45) is 12.2 Å². The zero-order valence-corrected chi connectivity index (χ0v) is 11.4. The van der Waals surface area contributed by atoms with E-state index >= 15 is 0 Å². The topological polar surface area (TPSA) is 59.6 Å². The van der Waals surface area contributed by atoms with E-state index in [0.29, 0.717) is 6.61 Å². The lowest BCUT2D eigenvalue weighted by molar-refractivity contribution is 0.296. The van der Waals surface area contributed by atoms with Crippen LogP contribution >= 0.6 is 0 Å². The van der Waals surface area contributed by atoms with Crippen molar-refractivity contribution in [3.8, 4) is 5.75 Å². The predicted molar refractivity (Wildman–Crippen MR) is 75.2 cm³/mol. The van der Waals surface area contributed by atoms with Gasteiger partial charge in [-0.15, -0.1) is 0 Å². The number of hydrogen-bond acceptors (Lipinski definition) is 4. The second-order valence-corrected chi connectivity index (χ2v) is 4.95. The molecule has 0 spiro atoms. The van der Waals surface area contributed by atoms with Crippen LogP contribution in [-0.4, -0.2) is 20.7 Å². The Bertz CT molecular complexity index is 646. The van der Waals surface area contributed by atoms with E-state index in [1.54, 1.807) is 4.68 Å². The van der Waals surface area contributed by atoms with E-state index < -0.39 is 0 Å². The summed E-state index contributed by atoms with van der Waals surface area (Å²) in [6, 6.07) is 7.82. The largest absolute Gasteiger partial charge is 0.487 e. The monoisotopic (exact) mass is 271 g/mol. The van der Waals surface area contributed by atoms with Crippen LogP contribution in [0.5, 0.6) is 5.75 Å². The quantitative estimate of drug-likeness (QED) is 0.689. The zero-order valence-electron chi connectivity index (χ0n) is 11.4. The van der Waals surface area contributed by atoms with E-state index in [0.717, 1.165) is 47.5 Å². The maximum atomic E-state index is 9.07. The molecule has 1 heterocycles. The van der Waals surface area contributed by atoms with Gasteiger partial charge in [0.15, 0.2) is 0 Å². The molecule has 3 rings (SSSR count). The van der Waals surface area contributed by atoms with Gasteiger partial charge in [-0.2, -0.15) is 5.10 Å². The third-order valence-electron chi connectivity index (χ3n) is 3.55. The van der Waals surface area contributed by atoms with E-state index in [2.05, 4.69) is 10.3 Å². The van der Waals surface area contributed by atoms with Crippen molar-refractivity contribution >= 4 is 5.71 Å². The number of aromatic nitrogens is 2. The Balaban J connectivity index is 1.83. The Labute approximate surface area is 117 Å². The molecule has 20 heavy (non-hydrogen) atoms. The first-order valence-corrected chi connectivity index (χ1v) is 6.72. The lowest BCUT2D eigenvalue weighted by Crippen LogP contribution is -2.13. The number of ether oxygens (including phenoxy) is 1. The molecule has 0 fully saturated rings. The van der Waals surface area contributed by atoms with Crippen molar-refractivity contribution in [2.75, 3.05) is 0 Å². The van der Waals surface area contributed by atoms with Crippen LogP contribution in [0.3, 0.4) is 0 Å². The maximum Gasteiger partial charge on any atom is 0.132 e. The minimum Gasteiger partial charge on any atom is -0.487 e. The van der Waals surface area contributed by atoms with Gasteiger partial charge in [0.25, 0.3) is 0 Å². The van der Waals surface area contributed by atoms with Gasteiger partial charge >= 0.3 is 0 Å². The molecule has 1 aliphatic rings. The number of nitrogens with zero attached hydrogens (tertiary/aromatic N) is 3. The Hall–Kier alpha value is -2.30. The molecule has 104 valence electrons. The number of fused-ring (bicyclic) bond motifs is 1. The Morgan fingerprint density at radius 3 is 3.00 bits per heavy atom. The molecule has 0 aliphatic heterocycles. The lowest BCUT2D eigenvalue weighted by Gasteiger charge is -2.20. The molecule has 1 aliphatic carbocycles. The first kappa shape index (κ1) is 12.7. The second kappa shape index (κ2) is 5.36. The minimum atomic E-state index is 0.447. The van der Waals surface area contributed by atoms with Crippen LogP contribution in [-0.2, 0) is 20.1 Å². The van der Waals surface area contributed by atoms with Crippen LogP contribution in [0.15, 0.2) is 35.6 Å². The van der Waals surface area contributed by atoms with Crippen molar-refractivity contribution < 1.29 is 9.94 Å². The molecule has 1 N–H and O–H groups in total. The van der Waals surface area contributed by atoms with Gasteiger partial charge in [-0.05, 0) is 31.4 Å². The lowest BCUT2D eigenvalue weighted by atomic mass is 9.89. The molecule has 0 unspecified atom stereocenters. The summed E-state index contributed by atoms with van der Waals surface area (Å²) in [7, 11) is 1.89. The molecule has 2 aromatic rings. The summed E-state index contributed by atoms with van der Waals surface area (Å²) in [5.41, 5.74) is 3.77. The van der Waals surface area contributed by atoms with Crippen LogP contribution in [0.1, 0.15) is 29.7 Å². The molecule has 0 amide bonds. The fourth-order valence-corrected chi connectivity index (χ4v) is 2.59. The standard InChI is InChI=1S/C15H17N3O2/c1-18-9-8-11(16-18)10-20-15-7-3-4-12-13(15)5-2-6-14(12)17-19/h3-4,7-9,19H,2,5-6,10H2,1H3/b17-14+. The summed E-state index contributed by atoms with van der Waals surface area (Å²) in [5, 5.41) is 16.8. The summed E-state index contributed by atoms with van der Waals surface area (Å²) in [6.07, 6.45) is 4.64. The molecule has 0 atom stereocenters. The molecule has 0 radical (unpaired) electrons. The van der Waals surface area contributed by atoms with Crippen LogP contribution < -0.4 is 4.74 Å².